The molecular formula is C8H4BrFN2O. The van der Waals surface area contributed by atoms with Crippen LogP contribution in [-0.2, 0) is 0 Å². The molecular weight excluding hydrogens is 239 g/mol. The molecule has 2 rings (SSSR count). The van der Waals surface area contributed by atoms with E-state index in [1.54, 1.807) is 12.1 Å². The molecule has 0 aliphatic rings. The first-order chi connectivity index (χ1) is 6.25. The Hall–Kier alpha value is -1.23. The van der Waals surface area contributed by atoms with E-state index in [1.807, 2.05) is 0 Å². The van der Waals surface area contributed by atoms with Crippen molar-refractivity contribution in [1.29, 1.82) is 0 Å². The van der Waals surface area contributed by atoms with Crippen LogP contribution in [0.2, 0.25) is 0 Å². The lowest BCUT2D eigenvalue weighted by Gasteiger charge is -1.92. The Balaban J connectivity index is 2.46. The summed E-state index contributed by atoms with van der Waals surface area (Å²) in [5.74, 6) is -0.0294. The minimum absolute atomic E-state index is 0.298. The molecule has 0 bridgehead atoms. The molecule has 2 aromatic rings. The third kappa shape index (κ3) is 1.75. The van der Waals surface area contributed by atoms with Crippen LogP contribution in [0.25, 0.3) is 11.5 Å². The summed E-state index contributed by atoms with van der Waals surface area (Å²) in [6.45, 7) is 0. The van der Waals surface area contributed by atoms with Gasteiger partial charge in [-0.3, -0.25) is 0 Å². The third-order valence-corrected chi connectivity index (χ3v) is 1.79. The summed E-state index contributed by atoms with van der Waals surface area (Å²) < 4.78 is 17.9. The van der Waals surface area contributed by atoms with Gasteiger partial charge in [0.05, 0.1) is 0 Å². The molecule has 0 saturated heterocycles. The summed E-state index contributed by atoms with van der Waals surface area (Å²) in [6, 6.07) is 5.97. The highest BCUT2D eigenvalue weighted by Crippen LogP contribution is 2.19. The second kappa shape index (κ2) is 3.26. The molecule has 66 valence electrons. The zero-order chi connectivity index (χ0) is 9.26. The summed E-state index contributed by atoms with van der Waals surface area (Å²) >= 11 is 3.04. The van der Waals surface area contributed by atoms with Gasteiger partial charge < -0.3 is 4.52 Å². The predicted molar refractivity (Wildman–Crippen MR) is 47.4 cm³/mol. The van der Waals surface area contributed by atoms with Gasteiger partial charge in [-0.25, -0.2) is 4.39 Å². The highest BCUT2D eigenvalue weighted by molar-refractivity contribution is 9.10. The number of benzene rings is 1. The van der Waals surface area contributed by atoms with Crippen LogP contribution in [0.4, 0.5) is 4.39 Å². The van der Waals surface area contributed by atoms with E-state index in [4.69, 9.17) is 4.52 Å². The molecule has 0 amide bonds. The second-order valence-electron chi connectivity index (χ2n) is 2.38. The molecule has 1 aromatic heterocycles. The van der Waals surface area contributed by atoms with E-state index in [0.717, 1.165) is 0 Å². The highest BCUT2D eigenvalue weighted by Gasteiger charge is 2.06. The smallest absolute Gasteiger partial charge is 0.258 e. The standard InChI is InChI=1S/C8H4BrFN2O/c9-8-11-7(13-12-8)5-2-1-3-6(10)4-5/h1-4H. The van der Waals surface area contributed by atoms with Gasteiger partial charge in [0, 0.05) is 5.56 Å². The minimum Gasteiger partial charge on any atom is -0.333 e. The van der Waals surface area contributed by atoms with Crippen molar-refractivity contribution in [3.05, 3.63) is 34.8 Å². The van der Waals surface area contributed by atoms with Crippen LogP contribution in [0.5, 0.6) is 0 Å². The Bertz CT molecular complexity index is 430. The molecule has 0 unspecified atom stereocenters. The monoisotopic (exact) mass is 242 g/mol. The zero-order valence-corrected chi connectivity index (χ0v) is 7.95. The fraction of sp³-hybridized carbons (Fsp3) is 0. The number of hydrogen-bond acceptors (Lipinski definition) is 3. The van der Waals surface area contributed by atoms with Crippen LogP contribution >= 0.6 is 15.9 Å². The van der Waals surface area contributed by atoms with Crippen LogP contribution in [0.1, 0.15) is 0 Å². The summed E-state index contributed by atoms with van der Waals surface area (Å²) in [5, 5.41) is 3.53. The van der Waals surface area contributed by atoms with E-state index in [9.17, 15) is 4.39 Å². The molecule has 0 aliphatic carbocycles. The maximum absolute atomic E-state index is 12.8. The van der Waals surface area contributed by atoms with Gasteiger partial charge in [-0.15, -0.1) is 0 Å². The van der Waals surface area contributed by atoms with Gasteiger partial charge in [0.1, 0.15) is 5.82 Å². The van der Waals surface area contributed by atoms with Gasteiger partial charge in [-0.05, 0) is 39.3 Å². The lowest BCUT2D eigenvalue weighted by molar-refractivity contribution is 0.426. The van der Waals surface area contributed by atoms with Gasteiger partial charge in [-0.1, -0.05) is 6.07 Å². The average molecular weight is 243 g/mol. The van der Waals surface area contributed by atoms with Crippen LogP contribution < -0.4 is 0 Å². The fourth-order valence-electron chi connectivity index (χ4n) is 0.944. The van der Waals surface area contributed by atoms with Crippen molar-refractivity contribution in [3.8, 4) is 11.5 Å². The maximum atomic E-state index is 12.8. The summed E-state index contributed by atoms with van der Waals surface area (Å²) in [7, 11) is 0. The fourth-order valence-corrected chi connectivity index (χ4v) is 1.18. The van der Waals surface area contributed by atoms with Gasteiger partial charge in [-0.2, -0.15) is 4.98 Å². The number of hydrogen-bond donors (Lipinski definition) is 0. The van der Waals surface area contributed by atoms with Gasteiger partial charge in [0.15, 0.2) is 0 Å². The Kier molecular flexibility index (Phi) is 2.10. The predicted octanol–water partition coefficient (Wildman–Crippen LogP) is 2.64. The Morgan fingerprint density at radius 1 is 1.38 bits per heavy atom. The van der Waals surface area contributed by atoms with Gasteiger partial charge in [0.2, 0.25) is 4.73 Å². The molecule has 1 heterocycles. The molecule has 0 saturated carbocycles. The Morgan fingerprint density at radius 3 is 2.85 bits per heavy atom. The summed E-state index contributed by atoms with van der Waals surface area (Å²) in [6.07, 6.45) is 0. The first-order valence-electron chi connectivity index (χ1n) is 3.51. The normalized spacial score (nSPS) is 10.3. The molecule has 0 atom stereocenters. The molecule has 0 spiro atoms. The molecule has 5 heteroatoms. The SMILES string of the molecule is Fc1cccc(-c2nc(Br)no2)c1. The van der Waals surface area contributed by atoms with Gasteiger partial charge >= 0.3 is 0 Å². The Labute approximate surface area is 81.7 Å². The number of halogens is 2. The maximum Gasteiger partial charge on any atom is 0.258 e. The Morgan fingerprint density at radius 2 is 2.23 bits per heavy atom. The summed E-state index contributed by atoms with van der Waals surface area (Å²) in [5.41, 5.74) is 0.568. The van der Waals surface area contributed by atoms with Gasteiger partial charge in [0.25, 0.3) is 5.89 Å². The van der Waals surface area contributed by atoms with Crippen LogP contribution in [0.15, 0.2) is 33.5 Å². The minimum atomic E-state index is -0.327. The first kappa shape index (κ1) is 8.37. The van der Waals surface area contributed by atoms with E-state index in [1.165, 1.54) is 12.1 Å². The zero-order valence-electron chi connectivity index (χ0n) is 6.37. The number of nitrogens with zero attached hydrogens (tertiary/aromatic N) is 2. The van der Waals surface area contributed by atoms with Crippen molar-refractivity contribution in [2.45, 2.75) is 0 Å². The van der Waals surface area contributed by atoms with Crippen molar-refractivity contribution in [2.75, 3.05) is 0 Å². The van der Waals surface area contributed by atoms with Crippen molar-refractivity contribution in [2.24, 2.45) is 0 Å². The highest BCUT2D eigenvalue weighted by atomic mass is 79.9. The molecule has 0 fully saturated rings. The first-order valence-corrected chi connectivity index (χ1v) is 4.30. The number of rotatable bonds is 1. The molecule has 13 heavy (non-hydrogen) atoms. The van der Waals surface area contributed by atoms with E-state index >= 15 is 0 Å². The second-order valence-corrected chi connectivity index (χ2v) is 3.09. The largest absolute Gasteiger partial charge is 0.333 e. The quantitative estimate of drug-likeness (QED) is 0.772. The van der Waals surface area contributed by atoms with E-state index in [0.29, 0.717) is 16.2 Å². The number of aromatic nitrogens is 2. The summed E-state index contributed by atoms with van der Waals surface area (Å²) in [4.78, 5) is 3.89. The van der Waals surface area contributed by atoms with Crippen LogP contribution in [-0.4, -0.2) is 10.1 Å². The van der Waals surface area contributed by atoms with Crippen molar-refractivity contribution < 1.29 is 8.91 Å². The average Bonchev–Trinajstić information content (AvgIpc) is 2.52. The molecule has 1 aromatic carbocycles. The van der Waals surface area contributed by atoms with E-state index < -0.39 is 0 Å². The molecule has 3 nitrogen and oxygen atoms in total. The van der Waals surface area contributed by atoms with Crippen molar-refractivity contribution in [3.63, 3.8) is 0 Å². The molecule has 0 radical (unpaired) electrons. The van der Waals surface area contributed by atoms with Crippen molar-refractivity contribution in [1.82, 2.24) is 10.1 Å². The lowest BCUT2D eigenvalue weighted by atomic mass is 10.2. The van der Waals surface area contributed by atoms with Crippen molar-refractivity contribution >= 4 is 15.9 Å². The van der Waals surface area contributed by atoms with Crippen LogP contribution in [0, 0.1) is 5.82 Å². The van der Waals surface area contributed by atoms with E-state index in [-0.39, 0.29) is 5.82 Å². The molecule has 0 N–H and O–H groups in total. The lowest BCUT2D eigenvalue weighted by Crippen LogP contribution is -1.78. The molecule has 0 aliphatic heterocycles. The topological polar surface area (TPSA) is 38.9 Å². The van der Waals surface area contributed by atoms with E-state index in [2.05, 4.69) is 26.1 Å². The van der Waals surface area contributed by atoms with Crippen LogP contribution in [0.3, 0.4) is 0 Å². The third-order valence-electron chi connectivity index (χ3n) is 1.47.